The number of rotatable bonds is 5. The summed E-state index contributed by atoms with van der Waals surface area (Å²) in [6.07, 6.45) is 6.47. The van der Waals surface area contributed by atoms with E-state index in [1.165, 1.54) is 63.4 Å². The summed E-state index contributed by atoms with van der Waals surface area (Å²) in [4.78, 5) is 9.92. The van der Waals surface area contributed by atoms with Crippen LogP contribution >= 0.6 is 22.9 Å². The number of nitrogens with zero attached hydrogens (tertiary/aromatic N) is 3. The van der Waals surface area contributed by atoms with Crippen LogP contribution in [0, 0.1) is 0 Å². The molecule has 0 amide bonds. The first-order chi connectivity index (χ1) is 9.85. The molecule has 112 valence electrons. The average molecular weight is 314 g/mol. The molecule has 0 N–H and O–H groups in total. The molecule has 1 aromatic heterocycles. The van der Waals surface area contributed by atoms with E-state index in [4.69, 9.17) is 11.6 Å². The topological polar surface area (TPSA) is 19.4 Å². The van der Waals surface area contributed by atoms with Crippen LogP contribution in [0.2, 0.25) is 0 Å². The summed E-state index contributed by atoms with van der Waals surface area (Å²) in [5.74, 6) is 0.542. The molecule has 3 nitrogen and oxygen atoms in total. The SMILES string of the molecule is ClCc1csc(CCCN2CCCN3CCCC3C2)n1. The van der Waals surface area contributed by atoms with Gasteiger partial charge in [0.1, 0.15) is 0 Å². The van der Waals surface area contributed by atoms with E-state index in [2.05, 4.69) is 20.2 Å². The number of aromatic nitrogens is 1. The summed E-state index contributed by atoms with van der Waals surface area (Å²) in [6, 6.07) is 0.834. The molecule has 2 fully saturated rings. The first kappa shape index (κ1) is 14.8. The maximum Gasteiger partial charge on any atom is 0.0929 e. The Morgan fingerprint density at radius 1 is 1.30 bits per heavy atom. The normalized spacial score (nSPS) is 24.8. The number of halogens is 1. The van der Waals surface area contributed by atoms with Crippen molar-refractivity contribution in [1.82, 2.24) is 14.8 Å². The van der Waals surface area contributed by atoms with Crippen LogP contribution in [-0.2, 0) is 12.3 Å². The Morgan fingerprint density at radius 2 is 2.20 bits per heavy atom. The van der Waals surface area contributed by atoms with Gasteiger partial charge < -0.3 is 4.90 Å². The van der Waals surface area contributed by atoms with Gasteiger partial charge in [0.15, 0.2) is 0 Å². The molecule has 0 radical (unpaired) electrons. The highest BCUT2D eigenvalue weighted by molar-refractivity contribution is 7.09. The molecule has 2 aliphatic rings. The van der Waals surface area contributed by atoms with Crippen LogP contribution in [0.25, 0.3) is 0 Å². The van der Waals surface area contributed by atoms with E-state index in [9.17, 15) is 0 Å². The van der Waals surface area contributed by atoms with Crippen LogP contribution in [0.1, 0.15) is 36.4 Å². The van der Waals surface area contributed by atoms with E-state index in [1.54, 1.807) is 11.3 Å². The quantitative estimate of drug-likeness (QED) is 0.779. The second-order valence-corrected chi connectivity index (χ2v) is 7.17. The zero-order valence-electron chi connectivity index (χ0n) is 12.1. The van der Waals surface area contributed by atoms with Crippen molar-refractivity contribution < 1.29 is 0 Å². The molecule has 1 atom stereocenters. The molecule has 2 aliphatic heterocycles. The Labute approximate surface area is 130 Å². The fraction of sp³-hybridized carbons (Fsp3) is 0.800. The number of aryl methyl sites for hydroxylation is 1. The van der Waals surface area contributed by atoms with Gasteiger partial charge in [0.25, 0.3) is 0 Å². The molecule has 0 aliphatic carbocycles. The molecule has 0 bridgehead atoms. The lowest BCUT2D eigenvalue weighted by atomic mass is 10.2. The Kier molecular flexibility index (Phi) is 5.32. The van der Waals surface area contributed by atoms with Crippen molar-refractivity contribution >= 4 is 22.9 Å². The van der Waals surface area contributed by atoms with E-state index in [0.29, 0.717) is 5.88 Å². The lowest BCUT2D eigenvalue weighted by Crippen LogP contribution is -2.37. The smallest absolute Gasteiger partial charge is 0.0929 e. The Hall–Kier alpha value is -0.160. The van der Waals surface area contributed by atoms with Crippen LogP contribution in [0.3, 0.4) is 0 Å². The largest absolute Gasteiger partial charge is 0.302 e. The average Bonchev–Trinajstić information content (AvgIpc) is 3.05. The first-order valence-corrected chi connectivity index (χ1v) is 9.22. The summed E-state index contributed by atoms with van der Waals surface area (Å²) in [5.41, 5.74) is 1.03. The number of hydrogen-bond donors (Lipinski definition) is 0. The minimum atomic E-state index is 0.542. The van der Waals surface area contributed by atoms with Crippen molar-refractivity contribution in [2.24, 2.45) is 0 Å². The maximum atomic E-state index is 5.80. The van der Waals surface area contributed by atoms with Crippen LogP contribution in [-0.4, -0.2) is 53.5 Å². The van der Waals surface area contributed by atoms with E-state index in [-0.39, 0.29) is 0 Å². The fourth-order valence-electron chi connectivity index (χ4n) is 3.47. The predicted molar refractivity (Wildman–Crippen MR) is 85.6 cm³/mol. The Bertz CT molecular complexity index is 423. The van der Waals surface area contributed by atoms with E-state index < -0.39 is 0 Å². The Morgan fingerprint density at radius 3 is 3.05 bits per heavy atom. The molecule has 0 spiro atoms. The van der Waals surface area contributed by atoms with Crippen molar-refractivity contribution in [3.05, 3.63) is 16.1 Å². The minimum absolute atomic E-state index is 0.542. The number of alkyl halides is 1. The van der Waals surface area contributed by atoms with Gasteiger partial charge in [-0.15, -0.1) is 22.9 Å². The van der Waals surface area contributed by atoms with Crippen molar-refractivity contribution in [2.45, 2.75) is 44.0 Å². The maximum absolute atomic E-state index is 5.80. The van der Waals surface area contributed by atoms with Gasteiger partial charge in [-0.05, 0) is 51.9 Å². The molecule has 5 heteroatoms. The second-order valence-electron chi connectivity index (χ2n) is 5.96. The second kappa shape index (κ2) is 7.21. The van der Waals surface area contributed by atoms with Crippen LogP contribution < -0.4 is 0 Å². The molecule has 20 heavy (non-hydrogen) atoms. The van der Waals surface area contributed by atoms with Gasteiger partial charge in [-0.25, -0.2) is 4.98 Å². The third-order valence-electron chi connectivity index (χ3n) is 4.49. The standard InChI is InChI=1S/C15H24ClN3S/c16-10-13-12-20-15(17-13)5-2-6-18-7-3-9-19-8-1-4-14(19)11-18/h12,14H,1-11H2. The molecular formula is C15H24ClN3S. The fourth-order valence-corrected chi connectivity index (χ4v) is 4.53. The number of hydrogen-bond acceptors (Lipinski definition) is 4. The van der Waals surface area contributed by atoms with Gasteiger partial charge in [0, 0.05) is 24.4 Å². The first-order valence-electron chi connectivity index (χ1n) is 7.81. The summed E-state index contributed by atoms with van der Waals surface area (Å²) < 4.78 is 0. The molecular weight excluding hydrogens is 290 g/mol. The lowest BCUT2D eigenvalue weighted by Gasteiger charge is -2.25. The summed E-state index contributed by atoms with van der Waals surface area (Å²) in [7, 11) is 0. The monoisotopic (exact) mass is 313 g/mol. The lowest BCUT2D eigenvalue weighted by molar-refractivity contribution is 0.219. The molecule has 0 aromatic carbocycles. The summed E-state index contributed by atoms with van der Waals surface area (Å²) in [6.45, 7) is 6.42. The number of thiazole rings is 1. The van der Waals surface area contributed by atoms with Crippen LogP contribution in [0.15, 0.2) is 5.38 Å². The number of fused-ring (bicyclic) bond motifs is 1. The highest BCUT2D eigenvalue weighted by Gasteiger charge is 2.28. The highest BCUT2D eigenvalue weighted by atomic mass is 35.5. The molecule has 0 saturated carbocycles. The molecule has 2 saturated heterocycles. The third kappa shape index (κ3) is 3.73. The van der Waals surface area contributed by atoms with Gasteiger partial charge in [-0.2, -0.15) is 0 Å². The highest BCUT2D eigenvalue weighted by Crippen LogP contribution is 2.21. The zero-order valence-corrected chi connectivity index (χ0v) is 13.6. The molecule has 3 heterocycles. The summed E-state index contributed by atoms with van der Waals surface area (Å²) >= 11 is 7.56. The predicted octanol–water partition coefficient (Wildman–Crippen LogP) is 2.98. The van der Waals surface area contributed by atoms with Gasteiger partial charge in [0.2, 0.25) is 0 Å². The van der Waals surface area contributed by atoms with E-state index in [0.717, 1.165) is 18.2 Å². The molecule has 1 aromatic rings. The van der Waals surface area contributed by atoms with Gasteiger partial charge in [-0.1, -0.05) is 0 Å². The van der Waals surface area contributed by atoms with E-state index in [1.807, 2.05) is 0 Å². The van der Waals surface area contributed by atoms with Crippen LogP contribution in [0.4, 0.5) is 0 Å². The van der Waals surface area contributed by atoms with Crippen molar-refractivity contribution in [2.75, 3.05) is 32.7 Å². The van der Waals surface area contributed by atoms with Crippen LogP contribution in [0.5, 0.6) is 0 Å². The van der Waals surface area contributed by atoms with Crippen molar-refractivity contribution in [1.29, 1.82) is 0 Å². The molecule has 3 rings (SSSR count). The molecule has 1 unspecified atom stereocenters. The van der Waals surface area contributed by atoms with Gasteiger partial charge in [0.05, 0.1) is 16.6 Å². The third-order valence-corrected chi connectivity index (χ3v) is 5.72. The van der Waals surface area contributed by atoms with Crippen molar-refractivity contribution in [3.63, 3.8) is 0 Å². The van der Waals surface area contributed by atoms with Gasteiger partial charge >= 0.3 is 0 Å². The minimum Gasteiger partial charge on any atom is -0.302 e. The van der Waals surface area contributed by atoms with E-state index >= 15 is 0 Å². The summed E-state index contributed by atoms with van der Waals surface area (Å²) in [5, 5.41) is 3.34. The zero-order chi connectivity index (χ0) is 13.8. The van der Waals surface area contributed by atoms with Gasteiger partial charge in [-0.3, -0.25) is 4.90 Å². The Balaban J connectivity index is 1.43. The van der Waals surface area contributed by atoms with Crippen molar-refractivity contribution in [3.8, 4) is 0 Å².